The molecule has 0 N–H and O–H groups in total. The van der Waals surface area contributed by atoms with E-state index in [1.165, 1.54) is 22.3 Å². The Morgan fingerprint density at radius 3 is 2.73 bits per heavy atom. The standard InChI is InChI=1S/C15H14/c1-11-9-13-7-4-8-14(15(13)10-11)12-5-2-3-6-12/h2-9,12H,10H2,1H3. The highest BCUT2D eigenvalue weighted by Gasteiger charge is 2.17. The highest BCUT2D eigenvalue weighted by molar-refractivity contribution is 5.66. The minimum absolute atomic E-state index is 0.499. The average Bonchev–Trinajstić information content (AvgIpc) is 2.82. The van der Waals surface area contributed by atoms with Crippen LogP contribution in [0.4, 0.5) is 0 Å². The third-order valence-electron chi connectivity index (χ3n) is 3.21. The molecule has 0 bridgehead atoms. The van der Waals surface area contributed by atoms with Gasteiger partial charge in [0.25, 0.3) is 0 Å². The fourth-order valence-electron chi connectivity index (χ4n) is 2.51. The van der Waals surface area contributed by atoms with Crippen molar-refractivity contribution in [2.45, 2.75) is 19.3 Å². The van der Waals surface area contributed by atoms with Crippen LogP contribution in [0.3, 0.4) is 0 Å². The molecular formula is C15H14. The minimum Gasteiger partial charge on any atom is -0.0732 e. The van der Waals surface area contributed by atoms with Crippen molar-refractivity contribution in [2.75, 3.05) is 0 Å². The molecule has 0 atom stereocenters. The summed E-state index contributed by atoms with van der Waals surface area (Å²) in [6, 6.07) is 6.65. The maximum Gasteiger partial charge on any atom is 0.0207 e. The van der Waals surface area contributed by atoms with E-state index in [9.17, 15) is 0 Å². The summed E-state index contributed by atoms with van der Waals surface area (Å²) in [6.07, 6.45) is 12.2. The quantitative estimate of drug-likeness (QED) is 0.637. The van der Waals surface area contributed by atoms with Crippen LogP contribution in [0.2, 0.25) is 0 Å². The number of hydrogen-bond acceptors (Lipinski definition) is 0. The second-order valence-electron chi connectivity index (χ2n) is 4.38. The first-order valence-electron chi connectivity index (χ1n) is 5.48. The lowest BCUT2D eigenvalue weighted by Gasteiger charge is -2.12. The van der Waals surface area contributed by atoms with Crippen molar-refractivity contribution in [3.8, 4) is 0 Å². The van der Waals surface area contributed by atoms with E-state index in [1.54, 1.807) is 0 Å². The Morgan fingerprint density at radius 1 is 1.13 bits per heavy atom. The molecule has 0 aromatic heterocycles. The van der Waals surface area contributed by atoms with Crippen molar-refractivity contribution in [2.24, 2.45) is 0 Å². The maximum absolute atomic E-state index is 2.31. The third-order valence-corrected chi connectivity index (χ3v) is 3.21. The predicted octanol–water partition coefficient (Wildman–Crippen LogP) is 3.86. The van der Waals surface area contributed by atoms with Crippen molar-refractivity contribution in [1.82, 2.24) is 0 Å². The molecule has 0 fully saturated rings. The highest BCUT2D eigenvalue weighted by atomic mass is 14.2. The summed E-state index contributed by atoms with van der Waals surface area (Å²) in [7, 11) is 0. The van der Waals surface area contributed by atoms with E-state index in [1.807, 2.05) is 0 Å². The Labute approximate surface area is 90.6 Å². The van der Waals surface area contributed by atoms with Crippen LogP contribution in [0.5, 0.6) is 0 Å². The molecule has 3 rings (SSSR count). The Hall–Kier alpha value is -1.56. The number of fused-ring (bicyclic) bond motifs is 1. The second kappa shape index (κ2) is 3.23. The van der Waals surface area contributed by atoms with E-state index in [0.29, 0.717) is 5.92 Å². The molecule has 0 spiro atoms. The van der Waals surface area contributed by atoms with Crippen molar-refractivity contribution in [3.05, 3.63) is 64.8 Å². The lowest BCUT2D eigenvalue weighted by Crippen LogP contribution is -1.96. The minimum atomic E-state index is 0.499. The molecule has 0 saturated heterocycles. The summed E-state index contributed by atoms with van der Waals surface area (Å²) in [6.45, 7) is 2.21. The monoisotopic (exact) mass is 194 g/mol. The van der Waals surface area contributed by atoms with Crippen LogP contribution in [0.15, 0.2) is 48.1 Å². The number of hydrogen-bond donors (Lipinski definition) is 0. The van der Waals surface area contributed by atoms with Gasteiger partial charge < -0.3 is 0 Å². The molecule has 2 aliphatic carbocycles. The van der Waals surface area contributed by atoms with Crippen molar-refractivity contribution in [1.29, 1.82) is 0 Å². The zero-order valence-corrected chi connectivity index (χ0v) is 8.90. The van der Waals surface area contributed by atoms with E-state index >= 15 is 0 Å². The first kappa shape index (κ1) is 8.72. The summed E-state index contributed by atoms with van der Waals surface area (Å²) in [5.41, 5.74) is 5.89. The molecule has 0 heterocycles. The fourth-order valence-corrected chi connectivity index (χ4v) is 2.51. The van der Waals surface area contributed by atoms with Crippen molar-refractivity contribution in [3.63, 3.8) is 0 Å². The molecule has 15 heavy (non-hydrogen) atoms. The molecule has 2 aliphatic rings. The largest absolute Gasteiger partial charge is 0.0732 e. The van der Waals surface area contributed by atoms with Gasteiger partial charge in [0.05, 0.1) is 0 Å². The number of benzene rings is 1. The molecule has 0 radical (unpaired) electrons. The SMILES string of the molecule is CC1=Cc2cccc(C3C=CC=C3)c2C1. The molecule has 0 saturated carbocycles. The van der Waals surface area contributed by atoms with Gasteiger partial charge in [-0.3, -0.25) is 0 Å². The van der Waals surface area contributed by atoms with Crippen LogP contribution in [-0.2, 0) is 6.42 Å². The van der Waals surface area contributed by atoms with Gasteiger partial charge in [0, 0.05) is 5.92 Å². The van der Waals surface area contributed by atoms with Gasteiger partial charge in [-0.15, -0.1) is 0 Å². The topological polar surface area (TPSA) is 0 Å². The van der Waals surface area contributed by atoms with Gasteiger partial charge in [-0.1, -0.05) is 54.2 Å². The van der Waals surface area contributed by atoms with Gasteiger partial charge in [-0.25, -0.2) is 0 Å². The molecule has 0 aliphatic heterocycles. The summed E-state index contributed by atoms with van der Waals surface area (Å²) in [5, 5.41) is 0. The van der Waals surface area contributed by atoms with Gasteiger partial charge in [0.1, 0.15) is 0 Å². The highest BCUT2D eigenvalue weighted by Crippen LogP contribution is 2.33. The lowest BCUT2D eigenvalue weighted by atomic mass is 9.92. The van der Waals surface area contributed by atoms with Crippen LogP contribution in [0.1, 0.15) is 29.5 Å². The molecule has 1 aromatic rings. The Morgan fingerprint density at radius 2 is 1.93 bits per heavy atom. The van der Waals surface area contributed by atoms with E-state index in [-0.39, 0.29) is 0 Å². The van der Waals surface area contributed by atoms with Gasteiger partial charge >= 0.3 is 0 Å². The van der Waals surface area contributed by atoms with E-state index < -0.39 is 0 Å². The fraction of sp³-hybridized carbons (Fsp3) is 0.200. The molecular weight excluding hydrogens is 180 g/mol. The summed E-state index contributed by atoms with van der Waals surface area (Å²) in [5.74, 6) is 0.499. The lowest BCUT2D eigenvalue weighted by molar-refractivity contribution is 1.04. The normalized spacial score (nSPS) is 18.3. The first-order valence-corrected chi connectivity index (χ1v) is 5.48. The zero-order valence-electron chi connectivity index (χ0n) is 8.90. The van der Waals surface area contributed by atoms with Crippen LogP contribution in [0, 0.1) is 0 Å². The second-order valence-corrected chi connectivity index (χ2v) is 4.38. The van der Waals surface area contributed by atoms with E-state index in [0.717, 1.165) is 6.42 Å². The Bertz CT molecular complexity index is 475. The van der Waals surface area contributed by atoms with E-state index in [2.05, 4.69) is 55.5 Å². The summed E-state index contributed by atoms with van der Waals surface area (Å²) >= 11 is 0. The predicted molar refractivity (Wildman–Crippen MR) is 64.8 cm³/mol. The maximum atomic E-state index is 2.31. The Balaban J connectivity index is 2.09. The van der Waals surface area contributed by atoms with Gasteiger partial charge in [-0.2, -0.15) is 0 Å². The van der Waals surface area contributed by atoms with Crippen LogP contribution < -0.4 is 0 Å². The van der Waals surface area contributed by atoms with E-state index in [4.69, 9.17) is 0 Å². The smallest absolute Gasteiger partial charge is 0.0207 e. The van der Waals surface area contributed by atoms with Crippen molar-refractivity contribution < 1.29 is 0 Å². The third kappa shape index (κ3) is 1.37. The molecule has 0 heteroatoms. The molecule has 0 unspecified atom stereocenters. The van der Waals surface area contributed by atoms with Gasteiger partial charge in [0.2, 0.25) is 0 Å². The zero-order chi connectivity index (χ0) is 10.3. The number of allylic oxidation sites excluding steroid dienone is 5. The number of rotatable bonds is 1. The van der Waals surface area contributed by atoms with Crippen LogP contribution >= 0.6 is 0 Å². The molecule has 0 amide bonds. The summed E-state index contributed by atoms with van der Waals surface area (Å²) in [4.78, 5) is 0. The first-order chi connectivity index (χ1) is 7.34. The molecule has 74 valence electrons. The summed E-state index contributed by atoms with van der Waals surface area (Å²) < 4.78 is 0. The van der Waals surface area contributed by atoms with Crippen LogP contribution in [0.25, 0.3) is 6.08 Å². The van der Waals surface area contributed by atoms with Crippen LogP contribution in [-0.4, -0.2) is 0 Å². The van der Waals surface area contributed by atoms with Crippen molar-refractivity contribution >= 4 is 6.08 Å². The Kier molecular flexibility index (Phi) is 1.88. The molecule has 1 aromatic carbocycles. The molecule has 0 nitrogen and oxygen atoms in total. The van der Waals surface area contributed by atoms with Gasteiger partial charge in [0.15, 0.2) is 0 Å². The van der Waals surface area contributed by atoms with Gasteiger partial charge in [-0.05, 0) is 30.0 Å². The average molecular weight is 194 g/mol.